The van der Waals surface area contributed by atoms with Crippen LogP contribution >= 0.6 is 0 Å². The van der Waals surface area contributed by atoms with Crippen LogP contribution in [0, 0.1) is 13.8 Å². The number of likely N-dealkylation sites (N-methyl/N-ethyl adjacent to an activating group) is 1. The van der Waals surface area contributed by atoms with Crippen LogP contribution in [0.4, 0.5) is 0 Å². The van der Waals surface area contributed by atoms with Gasteiger partial charge in [0.15, 0.2) is 0 Å². The van der Waals surface area contributed by atoms with E-state index in [9.17, 15) is 9.90 Å². The molecule has 1 aromatic heterocycles. The van der Waals surface area contributed by atoms with Crippen molar-refractivity contribution in [3.63, 3.8) is 0 Å². The molecule has 0 fully saturated rings. The molecule has 0 saturated carbocycles. The van der Waals surface area contributed by atoms with Crippen LogP contribution in [0.15, 0.2) is 28.8 Å². The maximum atomic E-state index is 12.5. The van der Waals surface area contributed by atoms with Gasteiger partial charge >= 0.3 is 0 Å². The van der Waals surface area contributed by atoms with Crippen molar-refractivity contribution in [1.82, 2.24) is 10.1 Å². The monoisotopic (exact) mass is 332 g/mol. The topological polar surface area (TPSA) is 75.8 Å². The molecule has 0 bridgehead atoms. The van der Waals surface area contributed by atoms with Crippen LogP contribution in [0.2, 0.25) is 0 Å². The number of carbonyl (C=O) groups is 1. The van der Waals surface area contributed by atoms with E-state index in [1.165, 1.54) is 0 Å². The Balaban J connectivity index is 2.10. The van der Waals surface area contributed by atoms with Gasteiger partial charge in [0.1, 0.15) is 18.1 Å². The quantitative estimate of drug-likeness (QED) is 0.844. The third-order valence-corrected chi connectivity index (χ3v) is 4.20. The highest BCUT2D eigenvalue weighted by Gasteiger charge is 2.19. The standard InChI is InChI=1S/C18H24N2O4/c1-5-15(10-21)20(4)18(22)14-7-6-8-16(9-14)23-11-17-12(2)19-24-13(17)3/h6-9,15,21H,5,10-11H2,1-4H3. The summed E-state index contributed by atoms with van der Waals surface area (Å²) in [5.74, 6) is 1.19. The third kappa shape index (κ3) is 3.94. The molecule has 0 aliphatic heterocycles. The number of hydrogen-bond acceptors (Lipinski definition) is 5. The Kier molecular flexibility index (Phi) is 5.98. The molecular weight excluding hydrogens is 308 g/mol. The molecule has 0 spiro atoms. The number of aliphatic hydroxyl groups is 1. The van der Waals surface area contributed by atoms with E-state index in [-0.39, 0.29) is 18.6 Å². The minimum absolute atomic E-state index is 0.0546. The maximum Gasteiger partial charge on any atom is 0.254 e. The number of nitrogens with zero attached hydrogens (tertiary/aromatic N) is 2. The Hall–Kier alpha value is -2.34. The summed E-state index contributed by atoms with van der Waals surface area (Å²) in [6.07, 6.45) is 0.695. The molecule has 0 saturated heterocycles. The molecule has 0 radical (unpaired) electrons. The average molecular weight is 332 g/mol. The minimum atomic E-state index is -0.190. The summed E-state index contributed by atoms with van der Waals surface area (Å²) in [5, 5.41) is 13.3. The van der Waals surface area contributed by atoms with Gasteiger partial charge in [-0.3, -0.25) is 4.79 Å². The van der Waals surface area contributed by atoms with Crippen molar-refractivity contribution in [3.05, 3.63) is 46.8 Å². The first kappa shape index (κ1) is 18.0. The number of amides is 1. The van der Waals surface area contributed by atoms with Crippen molar-refractivity contribution in [3.8, 4) is 5.75 Å². The molecular formula is C18H24N2O4. The summed E-state index contributed by atoms with van der Waals surface area (Å²) in [6.45, 7) is 5.93. The first-order valence-corrected chi connectivity index (χ1v) is 8.00. The van der Waals surface area contributed by atoms with E-state index >= 15 is 0 Å². The molecule has 1 N–H and O–H groups in total. The lowest BCUT2D eigenvalue weighted by Gasteiger charge is -2.25. The number of ether oxygens (including phenoxy) is 1. The third-order valence-electron chi connectivity index (χ3n) is 4.20. The number of hydrogen-bond donors (Lipinski definition) is 1. The summed E-state index contributed by atoms with van der Waals surface area (Å²) in [7, 11) is 1.70. The molecule has 1 atom stereocenters. The van der Waals surface area contributed by atoms with Gasteiger partial charge in [0.05, 0.1) is 23.9 Å². The number of aromatic nitrogens is 1. The largest absolute Gasteiger partial charge is 0.489 e. The van der Waals surface area contributed by atoms with Gasteiger partial charge in [0.2, 0.25) is 0 Å². The Bertz CT molecular complexity index is 673. The fourth-order valence-corrected chi connectivity index (χ4v) is 2.48. The average Bonchev–Trinajstić information content (AvgIpc) is 2.91. The number of carbonyl (C=O) groups excluding carboxylic acids is 1. The van der Waals surface area contributed by atoms with Crippen molar-refractivity contribution < 1.29 is 19.2 Å². The van der Waals surface area contributed by atoms with Crippen molar-refractivity contribution in [2.45, 2.75) is 39.8 Å². The van der Waals surface area contributed by atoms with E-state index in [0.29, 0.717) is 24.3 Å². The van der Waals surface area contributed by atoms with Crippen LogP contribution in [-0.2, 0) is 6.61 Å². The highest BCUT2D eigenvalue weighted by molar-refractivity contribution is 5.94. The minimum Gasteiger partial charge on any atom is -0.489 e. The lowest BCUT2D eigenvalue weighted by Crippen LogP contribution is -2.39. The number of benzene rings is 1. The van der Waals surface area contributed by atoms with Gasteiger partial charge in [-0.25, -0.2) is 0 Å². The highest BCUT2D eigenvalue weighted by Crippen LogP contribution is 2.19. The van der Waals surface area contributed by atoms with Crippen molar-refractivity contribution in [2.24, 2.45) is 0 Å². The summed E-state index contributed by atoms with van der Waals surface area (Å²) < 4.78 is 10.9. The zero-order valence-corrected chi connectivity index (χ0v) is 14.6. The molecule has 24 heavy (non-hydrogen) atoms. The Labute approximate surface area is 142 Å². The van der Waals surface area contributed by atoms with E-state index in [4.69, 9.17) is 9.26 Å². The van der Waals surface area contributed by atoms with Gasteiger partial charge in [-0.1, -0.05) is 18.1 Å². The normalized spacial score (nSPS) is 12.0. The lowest BCUT2D eigenvalue weighted by molar-refractivity contribution is 0.0654. The second-order valence-electron chi connectivity index (χ2n) is 5.78. The second-order valence-corrected chi connectivity index (χ2v) is 5.78. The molecule has 0 aliphatic rings. The van der Waals surface area contributed by atoms with Crippen LogP contribution in [0.1, 0.15) is 40.7 Å². The van der Waals surface area contributed by atoms with Crippen molar-refractivity contribution >= 4 is 5.91 Å². The fraction of sp³-hybridized carbons (Fsp3) is 0.444. The molecule has 1 unspecified atom stereocenters. The maximum absolute atomic E-state index is 12.5. The van der Waals surface area contributed by atoms with Gasteiger partial charge in [-0.05, 0) is 38.5 Å². The first-order valence-electron chi connectivity index (χ1n) is 8.00. The van der Waals surface area contributed by atoms with Gasteiger partial charge in [0.25, 0.3) is 5.91 Å². The number of rotatable bonds is 7. The molecule has 0 aliphatic carbocycles. The SMILES string of the molecule is CCC(CO)N(C)C(=O)c1cccc(OCc2c(C)noc2C)c1. The zero-order chi connectivity index (χ0) is 17.7. The predicted molar refractivity (Wildman–Crippen MR) is 90.0 cm³/mol. The van der Waals surface area contributed by atoms with Crippen LogP contribution in [0.3, 0.4) is 0 Å². The summed E-state index contributed by atoms with van der Waals surface area (Å²) in [5.41, 5.74) is 2.24. The summed E-state index contributed by atoms with van der Waals surface area (Å²) >= 11 is 0. The van der Waals surface area contributed by atoms with Gasteiger partial charge in [-0.2, -0.15) is 0 Å². The van der Waals surface area contributed by atoms with Crippen molar-refractivity contribution in [1.29, 1.82) is 0 Å². The molecule has 2 rings (SSSR count). The van der Waals surface area contributed by atoms with Gasteiger partial charge in [-0.15, -0.1) is 0 Å². The van der Waals surface area contributed by atoms with E-state index < -0.39 is 0 Å². The molecule has 6 nitrogen and oxygen atoms in total. The molecule has 1 aromatic carbocycles. The van der Waals surface area contributed by atoms with Gasteiger partial charge < -0.3 is 19.3 Å². The highest BCUT2D eigenvalue weighted by atomic mass is 16.5. The molecule has 130 valence electrons. The lowest BCUT2D eigenvalue weighted by atomic mass is 10.1. The van der Waals surface area contributed by atoms with E-state index in [0.717, 1.165) is 17.0 Å². The predicted octanol–water partition coefficient (Wildman–Crippen LogP) is 2.71. The van der Waals surface area contributed by atoms with Crippen LogP contribution < -0.4 is 4.74 Å². The second kappa shape index (κ2) is 7.97. The molecule has 1 amide bonds. The molecule has 1 heterocycles. The van der Waals surface area contributed by atoms with E-state index in [2.05, 4.69) is 5.16 Å². The van der Waals surface area contributed by atoms with E-state index in [1.54, 1.807) is 36.2 Å². The Morgan fingerprint density at radius 1 is 1.42 bits per heavy atom. The molecule has 6 heteroatoms. The van der Waals surface area contributed by atoms with Crippen LogP contribution in [-0.4, -0.2) is 40.8 Å². The smallest absolute Gasteiger partial charge is 0.254 e. The number of aryl methyl sites for hydroxylation is 2. The number of aliphatic hydroxyl groups excluding tert-OH is 1. The zero-order valence-electron chi connectivity index (χ0n) is 14.6. The summed E-state index contributed by atoms with van der Waals surface area (Å²) in [6, 6.07) is 6.85. The van der Waals surface area contributed by atoms with Crippen LogP contribution in [0.5, 0.6) is 5.75 Å². The fourth-order valence-electron chi connectivity index (χ4n) is 2.48. The Morgan fingerprint density at radius 2 is 2.17 bits per heavy atom. The first-order chi connectivity index (χ1) is 11.5. The summed E-state index contributed by atoms with van der Waals surface area (Å²) in [4.78, 5) is 14.1. The van der Waals surface area contributed by atoms with Crippen molar-refractivity contribution in [2.75, 3.05) is 13.7 Å². The molecule has 2 aromatic rings. The van der Waals surface area contributed by atoms with Gasteiger partial charge in [0, 0.05) is 12.6 Å². The van der Waals surface area contributed by atoms with Crippen LogP contribution in [0.25, 0.3) is 0 Å². The Morgan fingerprint density at radius 3 is 2.75 bits per heavy atom. The van der Waals surface area contributed by atoms with E-state index in [1.807, 2.05) is 20.8 Å².